The summed E-state index contributed by atoms with van der Waals surface area (Å²) in [6.07, 6.45) is 2.78. The number of nitrogens with zero attached hydrogens (tertiary/aromatic N) is 6. The van der Waals surface area contributed by atoms with Crippen LogP contribution in [0, 0.1) is 5.92 Å². The molecule has 2 fully saturated rings. The van der Waals surface area contributed by atoms with Crippen LogP contribution >= 0.6 is 0 Å². The van der Waals surface area contributed by atoms with Gasteiger partial charge in [-0.25, -0.2) is 13.8 Å². The van der Waals surface area contributed by atoms with E-state index in [1.54, 1.807) is 24.3 Å². The zero-order valence-corrected chi connectivity index (χ0v) is 24.1. The predicted molar refractivity (Wildman–Crippen MR) is 157 cm³/mol. The number of anilines is 2. The van der Waals surface area contributed by atoms with Crippen molar-refractivity contribution in [1.82, 2.24) is 24.4 Å². The summed E-state index contributed by atoms with van der Waals surface area (Å²) in [4.78, 5) is 18.3. The lowest BCUT2D eigenvalue weighted by Crippen LogP contribution is -2.44. The third-order valence-electron chi connectivity index (χ3n) is 8.60. The van der Waals surface area contributed by atoms with E-state index in [9.17, 15) is 13.9 Å². The van der Waals surface area contributed by atoms with Gasteiger partial charge in [0, 0.05) is 37.8 Å². The largest absolute Gasteiger partial charge is 0.516 e. The van der Waals surface area contributed by atoms with Gasteiger partial charge in [0.15, 0.2) is 5.82 Å². The van der Waals surface area contributed by atoms with E-state index >= 15 is 0 Å². The van der Waals surface area contributed by atoms with Crippen LogP contribution in [0.5, 0.6) is 0 Å². The van der Waals surface area contributed by atoms with Crippen molar-refractivity contribution in [3.8, 4) is 5.82 Å². The lowest BCUT2D eigenvalue weighted by Gasteiger charge is -2.40. The molecule has 1 aliphatic heterocycles. The van der Waals surface area contributed by atoms with Crippen molar-refractivity contribution in [3.05, 3.63) is 48.0 Å². The topological polar surface area (TPSA) is 91.6 Å². The summed E-state index contributed by atoms with van der Waals surface area (Å²) in [5.41, 5.74) is 2.06. The van der Waals surface area contributed by atoms with Gasteiger partial charge in [-0.2, -0.15) is 9.97 Å². The van der Waals surface area contributed by atoms with Crippen molar-refractivity contribution >= 4 is 22.8 Å². The van der Waals surface area contributed by atoms with Crippen LogP contribution in [0.25, 0.3) is 16.9 Å². The Hall–Kier alpha value is -3.31. The highest BCUT2D eigenvalue weighted by Gasteiger charge is 2.29. The van der Waals surface area contributed by atoms with Crippen LogP contribution < -0.4 is 10.2 Å². The number of fused-ring (bicyclic) bond motifs is 1. The minimum atomic E-state index is -2.75. The zero-order valence-electron chi connectivity index (χ0n) is 24.1. The molecule has 2 N–H and O–H groups in total. The zero-order chi connectivity index (χ0) is 28.9. The van der Waals surface area contributed by atoms with E-state index in [1.165, 1.54) is 10.8 Å². The second kappa shape index (κ2) is 13.1. The Kier molecular flexibility index (Phi) is 9.34. The van der Waals surface area contributed by atoms with E-state index in [0.717, 1.165) is 37.8 Å². The van der Waals surface area contributed by atoms with Gasteiger partial charge in [-0.15, -0.1) is 0 Å². The number of aliphatic hydroxyl groups is 1. The first-order valence-electron chi connectivity index (χ1n) is 14.7. The standard InChI is InChI=1S/C30H41F2N7O2/c1-4-38(21(3)20(2)19-40)23-11-9-22(10-12-23)18-33-30-35-26(37-13-15-41-16-14-37)17-27(36-30)39-25-8-6-5-7-24(25)34-29(39)28(31)32/h5-8,17,19,21-23,28,40H,4,9-16,18H2,1-3H3,(H,33,35,36)/b20-19+/t21?,22-,23-. The van der Waals surface area contributed by atoms with E-state index in [1.807, 2.05) is 13.0 Å². The number of rotatable bonds is 10. The lowest BCUT2D eigenvalue weighted by atomic mass is 9.84. The molecule has 1 unspecified atom stereocenters. The number of hydrogen-bond donors (Lipinski definition) is 2. The van der Waals surface area contributed by atoms with Crippen molar-refractivity contribution in [2.45, 2.75) is 65.0 Å². The molecule has 5 rings (SSSR count). The number of likely N-dealkylation sites (N-methyl/N-ethyl adjacent to an activating group) is 1. The fourth-order valence-corrected chi connectivity index (χ4v) is 6.14. The molecule has 1 atom stereocenters. The number of benzene rings is 1. The first-order chi connectivity index (χ1) is 19.9. The molecule has 222 valence electrons. The number of hydrogen-bond acceptors (Lipinski definition) is 8. The van der Waals surface area contributed by atoms with E-state index in [2.05, 4.69) is 33.9 Å². The van der Waals surface area contributed by atoms with Crippen LogP contribution in [0.1, 0.15) is 58.7 Å². The highest BCUT2D eigenvalue weighted by atomic mass is 19.3. The van der Waals surface area contributed by atoms with Crippen LogP contribution in [0.15, 0.2) is 42.2 Å². The molecule has 1 aliphatic carbocycles. The normalized spacial score (nSPS) is 21.1. The quantitative estimate of drug-likeness (QED) is 0.299. The Labute approximate surface area is 240 Å². The van der Waals surface area contributed by atoms with Crippen molar-refractivity contribution < 1.29 is 18.6 Å². The average molecular weight is 570 g/mol. The number of para-hydroxylation sites is 2. The number of nitrogens with one attached hydrogen (secondary N) is 1. The maximum atomic E-state index is 14.1. The fourth-order valence-electron chi connectivity index (χ4n) is 6.14. The van der Waals surface area contributed by atoms with Gasteiger partial charge >= 0.3 is 0 Å². The number of alkyl halides is 2. The highest BCUT2D eigenvalue weighted by molar-refractivity contribution is 5.78. The van der Waals surface area contributed by atoms with Crippen molar-refractivity contribution in [2.75, 3.05) is 49.6 Å². The average Bonchev–Trinajstić information content (AvgIpc) is 3.41. The van der Waals surface area contributed by atoms with Crippen LogP contribution in [0.2, 0.25) is 0 Å². The summed E-state index contributed by atoms with van der Waals surface area (Å²) in [6, 6.07) is 9.59. The van der Waals surface area contributed by atoms with E-state index in [-0.39, 0.29) is 11.9 Å². The SMILES string of the molecule is CCN(C(C)/C(C)=C/O)[C@H]1CC[C@H](CNc2nc(N3CCOCC3)cc(-n3c(C(F)F)nc4ccccc43)n2)CC1. The van der Waals surface area contributed by atoms with Crippen LogP contribution in [-0.2, 0) is 4.74 Å². The van der Waals surface area contributed by atoms with Crippen molar-refractivity contribution in [2.24, 2.45) is 5.92 Å². The minimum Gasteiger partial charge on any atom is -0.516 e. The van der Waals surface area contributed by atoms with E-state index < -0.39 is 6.43 Å². The molecular formula is C30H41F2N7O2. The van der Waals surface area contributed by atoms with Crippen LogP contribution in [-0.4, -0.2) is 81.0 Å². The summed E-state index contributed by atoms with van der Waals surface area (Å²) in [7, 11) is 0. The molecule has 11 heteroatoms. The molecule has 2 aromatic heterocycles. The third-order valence-corrected chi connectivity index (χ3v) is 8.60. The monoisotopic (exact) mass is 569 g/mol. The molecule has 3 heterocycles. The predicted octanol–water partition coefficient (Wildman–Crippen LogP) is 5.73. The smallest absolute Gasteiger partial charge is 0.296 e. The lowest BCUT2D eigenvalue weighted by molar-refractivity contribution is 0.119. The van der Waals surface area contributed by atoms with Gasteiger partial charge in [0.2, 0.25) is 5.95 Å². The Morgan fingerprint density at radius 1 is 1.12 bits per heavy atom. The Bertz CT molecular complexity index is 1330. The van der Waals surface area contributed by atoms with Crippen molar-refractivity contribution in [3.63, 3.8) is 0 Å². The third kappa shape index (κ3) is 6.46. The molecule has 1 saturated carbocycles. The number of aliphatic hydroxyl groups excluding tert-OH is 1. The van der Waals surface area contributed by atoms with Gasteiger partial charge in [0.25, 0.3) is 6.43 Å². The first-order valence-corrected chi connectivity index (χ1v) is 14.7. The van der Waals surface area contributed by atoms with Gasteiger partial charge in [-0.1, -0.05) is 19.1 Å². The molecule has 41 heavy (non-hydrogen) atoms. The number of ether oxygens (including phenoxy) is 1. The van der Waals surface area contributed by atoms with E-state index in [0.29, 0.717) is 73.4 Å². The molecule has 2 aliphatic rings. The molecular weight excluding hydrogens is 528 g/mol. The summed E-state index contributed by atoms with van der Waals surface area (Å²) in [5.74, 6) is 1.61. The second-order valence-electron chi connectivity index (χ2n) is 11.0. The maximum absolute atomic E-state index is 14.1. The number of morpholine rings is 1. The van der Waals surface area contributed by atoms with Gasteiger partial charge in [-0.3, -0.25) is 9.47 Å². The minimum absolute atomic E-state index is 0.205. The van der Waals surface area contributed by atoms with E-state index in [4.69, 9.17) is 14.7 Å². The summed E-state index contributed by atoms with van der Waals surface area (Å²) in [5, 5.41) is 12.9. The molecule has 3 aromatic rings. The summed E-state index contributed by atoms with van der Waals surface area (Å²) >= 11 is 0. The number of aromatic nitrogens is 4. The van der Waals surface area contributed by atoms with Crippen LogP contribution in [0.3, 0.4) is 0 Å². The first kappa shape index (κ1) is 29.2. The van der Waals surface area contributed by atoms with Gasteiger partial charge in [0.05, 0.1) is 30.5 Å². The fraction of sp³-hybridized carbons (Fsp3) is 0.567. The van der Waals surface area contributed by atoms with Gasteiger partial charge in [0.1, 0.15) is 11.6 Å². The molecule has 1 saturated heterocycles. The number of halogens is 2. The molecule has 9 nitrogen and oxygen atoms in total. The molecule has 0 radical (unpaired) electrons. The Morgan fingerprint density at radius 2 is 1.83 bits per heavy atom. The summed E-state index contributed by atoms with van der Waals surface area (Å²) < 4.78 is 35.2. The number of imidazole rings is 1. The molecule has 0 amide bonds. The Morgan fingerprint density at radius 3 is 2.51 bits per heavy atom. The second-order valence-corrected chi connectivity index (χ2v) is 11.0. The van der Waals surface area contributed by atoms with Crippen molar-refractivity contribution in [1.29, 1.82) is 0 Å². The summed E-state index contributed by atoms with van der Waals surface area (Å²) in [6.45, 7) is 10.5. The van der Waals surface area contributed by atoms with Gasteiger partial charge < -0.3 is 20.1 Å². The maximum Gasteiger partial charge on any atom is 0.296 e. The Balaban J connectivity index is 1.36. The molecule has 0 spiro atoms. The molecule has 0 bridgehead atoms. The molecule has 1 aromatic carbocycles. The highest BCUT2D eigenvalue weighted by Crippen LogP contribution is 2.32. The van der Waals surface area contributed by atoms with Gasteiger partial charge in [-0.05, 0) is 69.7 Å². The van der Waals surface area contributed by atoms with Crippen LogP contribution in [0.4, 0.5) is 20.5 Å².